The van der Waals surface area contributed by atoms with Crippen LogP contribution in [0.3, 0.4) is 0 Å². The van der Waals surface area contributed by atoms with E-state index in [0.29, 0.717) is 44.6 Å². The van der Waals surface area contributed by atoms with Crippen LogP contribution in [0.5, 0.6) is 0 Å². The molecule has 2 aliphatic rings. The fourth-order valence-corrected chi connectivity index (χ4v) is 4.70. The van der Waals surface area contributed by atoms with E-state index in [1.165, 1.54) is 0 Å². The summed E-state index contributed by atoms with van der Waals surface area (Å²) < 4.78 is 28.3. The first kappa shape index (κ1) is 14.2. The molecule has 106 valence electrons. The zero-order chi connectivity index (χ0) is 13.2. The summed E-state index contributed by atoms with van der Waals surface area (Å²) >= 11 is 0. The van der Waals surface area contributed by atoms with Crippen LogP contribution in [0.4, 0.5) is 0 Å². The zero-order valence-corrected chi connectivity index (χ0v) is 12.0. The van der Waals surface area contributed by atoms with Gasteiger partial charge in [0.2, 0.25) is 0 Å². The van der Waals surface area contributed by atoms with Crippen molar-refractivity contribution < 1.29 is 8.42 Å². The summed E-state index contributed by atoms with van der Waals surface area (Å²) in [5.41, 5.74) is 5.64. The second kappa shape index (κ2) is 5.86. The molecule has 2 saturated heterocycles. The van der Waals surface area contributed by atoms with Crippen LogP contribution in [0.25, 0.3) is 0 Å². The Hall–Kier alpha value is -0.170. The van der Waals surface area contributed by atoms with Crippen LogP contribution in [0, 0.1) is 11.8 Å². The molecule has 5 nitrogen and oxygen atoms in total. The van der Waals surface area contributed by atoms with Gasteiger partial charge in [-0.05, 0) is 44.1 Å². The van der Waals surface area contributed by atoms with Crippen molar-refractivity contribution >= 4 is 10.2 Å². The maximum Gasteiger partial charge on any atom is 0.281 e. The lowest BCUT2D eigenvalue weighted by Crippen LogP contribution is -2.50. The Balaban J connectivity index is 1.98. The Morgan fingerprint density at radius 2 is 1.78 bits per heavy atom. The second-order valence-electron chi connectivity index (χ2n) is 5.69. The Morgan fingerprint density at radius 1 is 1.11 bits per heavy atom. The second-order valence-corrected chi connectivity index (χ2v) is 7.62. The first-order chi connectivity index (χ1) is 8.54. The molecule has 0 radical (unpaired) electrons. The Kier molecular flexibility index (Phi) is 4.64. The molecule has 6 heteroatoms. The largest absolute Gasteiger partial charge is 0.330 e. The number of hydrogen-bond acceptors (Lipinski definition) is 3. The van der Waals surface area contributed by atoms with Gasteiger partial charge in [-0.15, -0.1) is 0 Å². The Labute approximate surface area is 110 Å². The van der Waals surface area contributed by atoms with Gasteiger partial charge in [0.15, 0.2) is 0 Å². The average Bonchev–Trinajstić information content (AvgIpc) is 2.39. The minimum Gasteiger partial charge on any atom is -0.330 e. The SMILES string of the molecule is CC1CCCN(S(=O)(=O)N2CCC(CN)CC2)C1. The predicted octanol–water partition coefficient (Wildman–Crippen LogP) is 0.634. The lowest BCUT2D eigenvalue weighted by molar-refractivity contribution is 0.229. The molecule has 2 aliphatic heterocycles. The van der Waals surface area contributed by atoms with Crippen molar-refractivity contribution in [3.63, 3.8) is 0 Å². The van der Waals surface area contributed by atoms with E-state index in [-0.39, 0.29) is 0 Å². The molecule has 0 amide bonds. The van der Waals surface area contributed by atoms with E-state index < -0.39 is 10.2 Å². The molecule has 0 aromatic heterocycles. The highest BCUT2D eigenvalue weighted by molar-refractivity contribution is 7.86. The van der Waals surface area contributed by atoms with Gasteiger partial charge in [0.05, 0.1) is 0 Å². The fraction of sp³-hybridized carbons (Fsp3) is 1.00. The van der Waals surface area contributed by atoms with Crippen molar-refractivity contribution in [3.05, 3.63) is 0 Å². The number of rotatable bonds is 3. The summed E-state index contributed by atoms with van der Waals surface area (Å²) in [6.45, 7) is 5.43. The molecule has 0 bridgehead atoms. The summed E-state index contributed by atoms with van der Waals surface area (Å²) in [5, 5.41) is 0. The molecule has 0 aromatic rings. The van der Waals surface area contributed by atoms with Crippen molar-refractivity contribution in [1.29, 1.82) is 0 Å². The van der Waals surface area contributed by atoms with Crippen LogP contribution in [-0.2, 0) is 10.2 Å². The molecule has 2 fully saturated rings. The highest BCUT2D eigenvalue weighted by Crippen LogP contribution is 2.24. The van der Waals surface area contributed by atoms with Crippen molar-refractivity contribution in [2.45, 2.75) is 32.6 Å². The van der Waals surface area contributed by atoms with Crippen LogP contribution in [0.2, 0.25) is 0 Å². The lowest BCUT2D eigenvalue weighted by Gasteiger charge is -2.37. The molecule has 2 rings (SSSR count). The quantitative estimate of drug-likeness (QED) is 0.821. The third-order valence-electron chi connectivity index (χ3n) is 4.18. The molecule has 0 aromatic carbocycles. The van der Waals surface area contributed by atoms with Gasteiger partial charge in [0, 0.05) is 26.2 Å². The molecule has 1 atom stereocenters. The molecule has 2 heterocycles. The van der Waals surface area contributed by atoms with E-state index in [1.54, 1.807) is 8.61 Å². The van der Waals surface area contributed by atoms with E-state index in [1.807, 2.05) is 0 Å². The molecule has 18 heavy (non-hydrogen) atoms. The lowest BCUT2D eigenvalue weighted by atomic mass is 9.99. The molecular weight excluding hydrogens is 250 g/mol. The molecule has 2 N–H and O–H groups in total. The third kappa shape index (κ3) is 3.04. The van der Waals surface area contributed by atoms with Crippen molar-refractivity contribution in [1.82, 2.24) is 8.61 Å². The highest BCUT2D eigenvalue weighted by atomic mass is 32.2. The average molecular weight is 275 g/mol. The summed E-state index contributed by atoms with van der Waals surface area (Å²) in [6, 6.07) is 0. The van der Waals surface area contributed by atoms with Gasteiger partial charge in [0.25, 0.3) is 10.2 Å². The number of piperidine rings is 2. The predicted molar refractivity (Wildman–Crippen MR) is 72.2 cm³/mol. The van der Waals surface area contributed by atoms with E-state index in [9.17, 15) is 8.42 Å². The van der Waals surface area contributed by atoms with Crippen molar-refractivity contribution in [2.75, 3.05) is 32.7 Å². The molecule has 0 aliphatic carbocycles. The van der Waals surface area contributed by atoms with Crippen LogP contribution < -0.4 is 5.73 Å². The molecule has 0 saturated carbocycles. The molecule has 1 unspecified atom stereocenters. The fourth-order valence-electron chi connectivity index (χ4n) is 2.89. The van der Waals surface area contributed by atoms with Gasteiger partial charge >= 0.3 is 0 Å². The van der Waals surface area contributed by atoms with Crippen molar-refractivity contribution in [3.8, 4) is 0 Å². The van der Waals surface area contributed by atoms with Crippen LogP contribution >= 0.6 is 0 Å². The summed E-state index contributed by atoms with van der Waals surface area (Å²) in [7, 11) is -3.22. The van der Waals surface area contributed by atoms with E-state index in [4.69, 9.17) is 5.73 Å². The molecule has 0 spiro atoms. The van der Waals surface area contributed by atoms with Crippen molar-refractivity contribution in [2.24, 2.45) is 17.6 Å². The standard InChI is InChI=1S/C12H25N3O2S/c1-11-3-2-6-15(10-11)18(16,17)14-7-4-12(9-13)5-8-14/h11-12H,2-10,13H2,1H3. The monoisotopic (exact) mass is 275 g/mol. The summed E-state index contributed by atoms with van der Waals surface area (Å²) in [5.74, 6) is 0.979. The Bertz CT molecular complexity index is 364. The normalized spacial score (nSPS) is 29.6. The van der Waals surface area contributed by atoms with Gasteiger partial charge in [-0.2, -0.15) is 17.0 Å². The smallest absolute Gasteiger partial charge is 0.281 e. The number of nitrogens with zero attached hydrogens (tertiary/aromatic N) is 2. The maximum atomic E-state index is 12.5. The van der Waals surface area contributed by atoms with E-state index in [0.717, 1.165) is 25.7 Å². The first-order valence-electron chi connectivity index (χ1n) is 6.99. The first-order valence-corrected chi connectivity index (χ1v) is 8.39. The van der Waals surface area contributed by atoms with Gasteiger partial charge < -0.3 is 5.73 Å². The van der Waals surface area contributed by atoms with Gasteiger partial charge in [-0.25, -0.2) is 0 Å². The van der Waals surface area contributed by atoms with E-state index in [2.05, 4.69) is 6.92 Å². The minimum absolute atomic E-state index is 0.482. The van der Waals surface area contributed by atoms with Crippen LogP contribution in [0.1, 0.15) is 32.6 Å². The summed E-state index contributed by atoms with van der Waals surface area (Å²) in [6.07, 6.45) is 3.93. The maximum absolute atomic E-state index is 12.5. The van der Waals surface area contributed by atoms with E-state index >= 15 is 0 Å². The third-order valence-corrected chi connectivity index (χ3v) is 6.18. The summed E-state index contributed by atoms with van der Waals surface area (Å²) in [4.78, 5) is 0. The highest BCUT2D eigenvalue weighted by Gasteiger charge is 2.34. The minimum atomic E-state index is -3.22. The molecular formula is C12H25N3O2S. The number of hydrogen-bond donors (Lipinski definition) is 1. The van der Waals surface area contributed by atoms with Gasteiger partial charge in [-0.1, -0.05) is 6.92 Å². The topological polar surface area (TPSA) is 66.6 Å². The zero-order valence-electron chi connectivity index (χ0n) is 11.2. The van der Waals surface area contributed by atoms with Crippen LogP contribution in [-0.4, -0.2) is 49.8 Å². The van der Waals surface area contributed by atoms with Crippen LogP contribution in [0.15, 0.2) is 0 Å². The number of nitrogens with two attached hydrogens (primary N) is 1. The van der Waals surface area contributed by atoms with Gasteiger partial charge in [-0.3, -0.25) is 0 Å². The van der Waals surface area contributed by atoms with Gasteiger partial charge in [0.1, 0.15) is 0 Å². The Morgan fingerprint density at radius 3 is 2.33 bits per heavy atom.